The van der Waals surface area contributed by atoms with E-state index in [1.165, 1.54) is 5.39 Å². The quantitative estimate of drug-likeness (QED) is 0.907. The molecule has 104 valence electrons. The Bertz CT molecular complexity index is 653. The molecule has 20 heavy (non-hydrogen) atoms. The first kappa shape index (κ1) is 12.1. The van der Waals surface area contributed by atoms with Gasteiger partial charge in [0.15, 0.2) is 0 Å². The minimum absolute atomic E-state index is 0.162. The Morgan fingerprint density at radius 1 is 1.20 bits per heavy atom. The van der Waals surface area contributed by atoms with Crippen molar-refractivity contribution in [1.29, 1.82) is 0 Å². The summed E-state index contributed by atoms with van der Waals surface area (Å²) in [4.78, 5) is 0. The highest BCUT2D eigenvalue weighted by Gasteiger charge is 2.46. The summed E-state index contributed by atoms with van der Waals surface area (Å²) in [6, 6.07) is 12.4. The van der Waals surface area contributed by atoms with Gasteiger partial charge in [0.2, 0.25) is 5.79 Å². The smallest absolute Gasteiger partial charge is 0.208 e. The van der Waals surface area contributed by atoms with Crippen LogP contribution < -0.4 is 10.1 Å². The van der Waals surface area contributed by atoms with E-state index in [0.29, 0.717) is 13.2 Å². The molecule has 2 bridgehead atoms. The molecule has 2 aromatic carbocycles. The van der Waals surface area contributed by atoms with Gasteiger partial charge in [0, 0.05) is 12.1 Å². The van der Waals surface area contributed by atoms with Crippen LogP contribution >= 0.6 is 0 Å². The zero-order chi connectivity index (χ0) is 13.6. The van der Waals surface area contributed by atoms with E-state index in [1.54, 1.807) is 7.11 Å². The van der Waals surface area contributed by atoms with Gasteiger partial charge < -0.3 is 19.5 Å². The highest BCUT2D eigenvalue weighted by atomic mass is 16.7. The fraction of sp³-hybridized carbons (Fsp3) is 0.375. The summed E-state index contributed by atoms with van der Waals surface area (Å²) in [5.41, 5.74) is 1.07. The van der Waals surface area contributed by atoms with Gasteiger partial charge >= 0.3 is 0 Å². The number of nitrogens with one attached hydrogen (secondary N) is 1. The first-order valence-electron chi connectivity index (χ1n) is 6.90. The number of benzene rings is 2. The molecule has 0 aromatic heterocycles. The van der Waals surface area contributed by atoms with E-state index in [2.05, 4.69) is 29.6 Å². The Hall–Kier alpha value is -1.62. The maximum Gasteiger partial charge on any atom is 0.208 e. The molecule has 1 N–H and O–H groups in total. The van der Waals surface area contributed by atoms with E-state index in [4.69, 9.17) is 14.2 Å². The average Bonchev–Trinajstić information content (AvgIpc) is 2.81. The predicted octanol–water partition coefficient (Wildman–Crippen LogP) is 2.02. The van der Waals surface area contributed by atoms with Gasteiger partial charge in [-0.25, -0.2) is 0 Å². The van der Waals surface area contributed by atoms with Gasteiger partial charge in [-0.1, -0.05) is 18.2 Å². The summed E-state index contributed by atoms with van der Waals surface area (Å²) >= 11 is 0. The lowest BCUT2D eigenvalue weighted by atomic mass is 10.00. The van der Waals surface area contributed by atoms with Crippen molar-refractivity contribution < 1.29 is 14.2 Å². The molecule has 2 aliphatic heterocycles. The topological polar surface area (TPSA) is 39.7 Å². The van der Waals surface area contributed by atoms with Crippen molar-refractivity contribution in [3.05, 3.63) is 42.0 Å². The molecule has 2 atom stereocenters. The fourth-order valence-electron chi connectivity index (χ4n) is 3.00. The van der Waals surface area contributed by atoms with Crippen molar-refractivity contribution in [2.24, 2.45) is 0 Å². The van der Waals surface area contributed by atoms with Crippen LogP contribution in [0, 0.1) is 0 Å². The normalized spacial score (nSPS) is 28.8. The third-order valence-corrected chi connectivity index (χ3v) is 4.08. The van der Waals surface area contributed by atoms with Gasteiger partial charge in [-0.05, 0) is 29.0 Å². The maximum atomic E-state index is 6.06. The number of morpholine rings is 1. The Balaban J connectivity index is 1.77. The summed E-state index contributed by atoms with van der Waals surface area (Å²) in [6.45, 7) is 2.23. The highest BCUT2D eigenvalue weighted by molar-refractivity contribution is 5.84. The first-order valence-corrected chi connectivity index (χ1v) is 6.90. The largest absolute Gasteiger partial charge is 0.497 e. The lowest BCUT2D eigenvalue weighted by molar-refractivity contribution is -0.186. The van der Waals surface area contributed by atoms with Gasteiger partial charge in [0.05, 0.1) is 26.4 Å². The maximum absolute atomic E-state index is 6.06. The summed E-state index contributed by atoms with van der Waals surface area (Å²) in [5.74, 6) is 0.257. The zero-order valence-electron chi connectivity index (χ0n) is 11.4. The predicted molar refractivity (Wildman–Crippen MR) is 75.9 cm³/mol. The fourth-order valence-corrected chi connectivity index (χ4v) is 3.00. The van der Waals surface area contributed by atoms with Crippen LogP contribution in [0.3, 0.4) is 0 Å². The molecule has 2 aromatic rings. The third kappa shape index (κ3) is 1.80. The van der Waals surface area contributed by atoms with Crippen LogP contribution in [0.1, 0.15) is 5.56 Å². The molecule has 4 rings (SSSR count). The van der Waals surface area contributed by atoms with Crippen LogP contribution in [0.4, 0.5) is 0 Å². The van der Waals surface area contributed by atoms with Gasteiger partial charge in [-0.3, -0.25) is 0 Å². The standard InChI is InChI=1S/C16H17NO3/c1-18-14-5-3-11-6-13(4-2-12(11)7-14)16-10-17-8-15(20-16)9-19-16/h2-7,15,17H,8-10H2,1H3. The number of methoxy groups -OCH3 is 1. The minimum atomic E-state index is -0.614. The Morgan fingerprint density at radius 2 is 2.05 bits per heavy atom. The minimum Gasteiger partial charge on any atom is -0.497 e. The van der Waals surface area contributed by atoms with Crippen molar-refractivity contribution >= 4 is 10.8 Å². The SMILES string of the molecule is COc1ccc2cc(C34CNCC(CO3)O4)ccc2c1. The first-order chi connectivity index (χ1) is 9.79. The number of hydrogen-bond acceptors (Lipinski definition) is 4. The van der Waals surface area contributed by atoms with Crippen LogP contribution in [0.15, 0.2) is 36.4 Å². The van der Waals surface area contributed by atoms with Crippen molar-refractivity contribution in [1.82, 2.24) is 5.32 Å². The second-order valence-corrected chi connectivity index (χ2v) is 5.36. The van der Waals surface area contributed by atoms with E-state index in [0.717, 1.165) is 23.2 Å². The summed E-state index contributed by atoms with van der Waals surface area (Å²) in [6.07, 6.45) is 0.162. The van der Waals surface area contributed by atoms with Crippen LogP contribution in [0.5, 0.6) is 5.75 Å². The monoisotopic (exact) mass is 271 g/mol. The van der Waals surface area contributed by atoms with Crippen LogP contribution in [0.2, 0.25) is 0 Å². The van der Waals surface area contributed by atoms with Crippen molar-refractivity contribution in [2.75, 3.05) is 26.8 Å². The number of hydrogen-bond donors (Lipinski definition) is 1. The molecule has 0 spiro atoms. The number of ether oxygens (including phenoxy) is 3. The van der Waals surface area contributed by atoms with Crippen molar-refractivity contribution in [2.45, 2.75) is 11.9 Å². The molecule has 2 fully saturated rings. The molecule has 0 amide bonds. The zero-order valence-corrected chi connectivity index (χ0v) is 11.4. The molecule has 0 saturated carbocycles. The van der Waals surface area contributed by atoms with E-state index in [1.807, 2.05) is 12.1 Å². The second-order valence-electron chi connectivity index (χ2n) is 5.36. The molecular formula is C16H17NO3. The Labute approximate surface area is 117 Å². The number of fused-ring (bicyclic) bond motifs is 3. The summed E-state index contributed by atoms with van der Waals surface area (Å²) < 4.78 is 17.2. The molecule has 0 radical (unpaired) electrons. The molecule has 0 aliphatic carbocycles. The lowest BCUT2D eigenvalue weighted by Crippen LogP contribution is -2.46. The van der Waals surface area contributed by atoms with Gasteiger partial charge in [-0.15, -0.1) is 0 Å². The molecule has 2 unspecified atom stereocenters. The molecule has 2 aliphatic rings. The van der Waals surface area contributed by atoms with Crippen molar-refractivity contribution in [3.8, 4) is 5.75 Å². The average molecular weight is 271 g/mol. The molecular weight excluding hydrogens is 254 g/mol. The van der Waals surface area contributed by atoms with E-state index < -0.39 is 5.79 Å². The van der Waals surface area contributed by atoms with Crippen LogP contribution in [-0.2, 0) is 15.3 Å². The van der Waals surface area contributed by atoms with Crippen molar-refractivity contribution in [3.63, 3.8) is 0 Å². The molecule has 4 nitrogen and oxygen atoms in total. The van der Waals surface area contributed by atoms with Crippen LogP contribution in [-0.4, -0.2) is 32.9 Å². The Morgan fingerprint density at radius 3 is 2.95 bits per heavy atom. The molecule has 2 saturated heterocycles. The molecule has 4 heteroatoms. The van der Waals surface area contributed by atoms with E-state index in [9.17, 15) is 0 Å². The molecule has 2 heterocycles. The van der Waals surface area contributed by atoms with E-state index in [-0.39, 0.29) is 6.10 Å². The lowest BCUT2D eigenvalue weighted by Gasteiger charge is -2.32. The van der Waals surface area contributed by atoms with Crippen LogP contribution in [0.25, 0.3) is 10.8 Å². The third-order valence-electron chi connectivity index (χ3n) is 4.08. The highest BCUT2D eigenvalue weighted by Crippen LogP contribution is 2.37. The second kappa shape index (κ2) is 4.45. The van der Waals surface area contributed by atoms with Gasteiger partial charge in [-0.2, -0.15) is 0 Å². The summed E-state index contributed by atoms with van der Waals surface area (Å²) in [7, 11) is 1.68. The van der Waals surface area contributed by atoms with Gasteiger partial charge in [0.1, 0.15) is 5.75 Å². The summed E-state index contributed by atoms with van der Waals surface area (Å²) in [5, 5.41) is 5.70. The van der Waals surface area contributed by atoms with Gasteiger partial charge in [0.25, 0.3) is 0 Å². The van der Waals surface area contributed by atoms with E-state index >= 15 is 0 Å². The Kier molecular flexibility index (Phi) is 2.70. The number of rotatable bonds is 2.